The maximum absolute atomic E-state index is 12.4. The van der Waals surface area contributed by atoms with Crippen LogP contribution < -0.4 is 4.72 Å². The predicted molar refractivity (Wildman–Crippen MR) is 87.7 cm³/mol. The molecule has 1 aromatic heterocycles. The van der Waals surface area contributed by atoms with Crippen molar-refractivity contribution in [1.29, 1.82) is 0 Å². The molecule has 0 radical (unpaired) electrons. The zero-order valence-electron chi connectivity index (χ0n) is 13.1. The lowest BCUT2D eigenvalue weighted by atomic mass is 10.1. The van der Waals surface area contributed by atoms with Crippen molar-refractivity contribution in [3.8, 4) is 11.3 Å². The van der Waals surface area contributed by atoms with Gasteiger partial charge in [0.05, 0.1) is 6.54 Å². The smallest absolute Gasteiger partial charge is 0.280 e. The van der Waals surface area contributed by atoms with Crippen molar-refractivity contribution >= 4 is 10.2 Å². The van der Waals surface area contributed by atoms with Gasteiger partial charge in [0, 0.05) is 24.2 Å². The molecular formula is C16H21N3O3S. The third-order valence-corrected chi connectivity index (χ3v) is 5.78. The molecule has 0 spiro atoms. The lowest BCUT2D eigenvalue weighted by molar-refractivity contribution is 0.264. The molecule has 1 N–H and O–H groups in total. The predicted octanol–water partition coefficient (Wildman–Crippen LogP) is 2.55. The first kappa shape index (κ1) is 16.2. The normalized spacial score (nSPS) is 19.8. The van der Waals surface area contributed by atoms with Gasteiger partial charge in [-0.05, 0) is 19.8 Å². The van der Waals surface area contributed by atoms with Gasteiger partial charge < -0.3 is 4.52 Å². The Morgan fingerprint density at radius 3 is 2.83 bits per heavy atom. The number of hydrogen-bond donors (Lipinski definition) is 1. The molecule has 1 atom stereocenters. The third kappa shape index (κ3) is 3.80. The summed E-state index contributed by atoms with van der Waals surface area (Å²) in [5.74, 6) is 0.497. The summed E-state index contributed by atoms with van der Waals surface area (Å²) in [5, 5.41) is 3.99. The number of piperidine rings is 1. The molecule has 1 aliphatic rings. The molecule has 2 heterocycles. The summed E-state index contributed by atoms with van der Waals surface area (Å²) in [4.78, 5) is 0. The largest absolute Gasteiger partial charge is 0.359 e. The highest BCUT2D eigenvalue weighted by Crippen LogP contribution is 2.21. The molecule has 1 fully saturated rings. The molecule has 1 saturated heterocycles. The second kappa shape index (κ2) is 6.82. The Kier molecular flexibility index (Phi) is 4.79. The van der Waals surface area contributed by atoms with Crippen molar-refractivity contribution in [2.75, 3.05) is 6.54 Å². The van der Waals surface area contributed by atoms with E-state index in [0.717, 1.165) is 24.8 Å². The van der Waals surface area contributed by atoms with E-state index < -0.39 is 10.2 Å². The molecule has 2 aromatic rings. The minimum Gasteiger partial charge on any atom is -0.359 e. The Labute approximate surface area is 136 Å². The van der Waals surface area contributed by atoms with E-state index in [0.29, 0.717) is 18.0 Å². The van der Waals surface area contributed by atoms with Crippen LogP contribution >= 0.6 is 0 Å². The van der Waals surface area contributed by atoms with Gasteiger partial charge in [-0.2, -0.15) is 17.4 Å². The summed E-state index contributed by atoms with van der Waals surface area (Å²) < 4.78 is 34.2. The lowest BCUT2D eigenvalue weighted by Crippen LogP contribution is -2.47. The molecular weight excluding hydrogens is 314 g/mol. The molecule has 0 saturated carbocycles. The van der Waals surface area contributed by atoms with E-state index in [1.54, 1.807) is 6.07 Å². The number of nitrogens with zero attached hydrogens (tertiary/aromatic N) is 2. The summed E-state index contributed by atoms with van der Waals surface area (Å²) in [5.41, 5.74) is 1.64. The average molecular weight is 335 g/mol. The fraction of sp³-hybridized carbons (Fsp3) is 0.438. The molecule has 6 nitrogen and oxygen atoms in total. The molecule has 1 aromatic carbocycles. The zero-order valence-corrected chi connectivity index (χ0v) is 13.9. The van der Waals surface area contributed by atoms with Crippen molar-refractivity contribution in [2.45, 2.75) is 38.8 Å². The standard InChI is InChI=1S/C16H21N3O3S/c1-13-7-5-6-10-19(13)23(20,21)17-12-15-11-16(18-22-15)14-8-3-2-4-9-14/h2-4,8-9,11,13,17H,5-7,10,12H2,1H3. The van der Waals surface area contributed by atoms with Gasteiger partial charge in [0.15, 0.2) is 5.76 Å². The van der Waals surface area contributed by atoms with Crippen LogP contribution in [0.4, 0.5) is 0 Å². The Morgan fingerprint density at radius 2 is 2.09 bits per heavy atom. The van der Waals surface area contributed by atoms with E-state index in [1.807, 2.05) is 37.3 Å². The first-order valence-electron chi connectivity index (χ1n) is 7.84. The third-order valence-electron chi connectivity index (χ3n) is 4.11. The first-order chi connectivity index (χ1) is 11.1. The van der Waals surface area contributed by atoms with Gasteiger partial charge in [-0.3, -0.25) is 0 Å². The number of benzene rings is 1. The molecule has 0 bridgehead atoms. The lowest BCUT2D eigenvalue weighted by Gasteiger charge is -2.32. The minimum atomic E-state index is -3.49. The minimum absolute atomic E-state index is 0.0378. The van der Waals surface area contributed by atoms with Crippen LogP contribution in [0.3, 0.4) is 0 Å². The average Bonchev–Trinajstić information content (AvgIpc) is 3.03. The maximum atomic E-state index is 12.4. The molecule has 7 heteroatoms. The zero-order chi connectivity index (χ0) is 16.3. The fourth-order valence-corrected chi connectivity index (χ4v) is 4.25. The quantitative estimate of drug-likeness (QED) is 0.911. The summed E-state index contributed by atoms with van der Waals surface area (Å²) >= 11 is 0. The van der Waals surface area contributed by atoms with Gasteiger partial charge in [-0.1, -0.05) is 41.9 Å². The summed E-state index contributed by atoms with van der Waals surface area (Å²) in [6.45, 7) is 2.62. The molecule has 1 aliphatic heterocycles. The van der Waals surface area contributed by atoms with Crippen molar-refractivity contribution in [3.05, 3.63) is 42.2 Å². The molecule has 1 unspecified atom stereocenters. The number of nitrogens with one attached hydrogen (secondary N) is 1. The highest BCUT2D eigenvalue weighted by Gasteiger charge is 2.29. The van der Waals surface area contributed by atoms with Gasteiger partial charge in [0.2, 0.25) is 0 Å². The van der Waals surface area contributed by atoms with Crippen LogP contribution in [-0.4, -0.2) is 30.5 Å². The van der Waals surface area contributed by atoms with E-state index in [4.69, 9.17) is 4.52 Å². The van der Waals surface area contributed by atoms with Gasteiger partial charge in [0.1, 0.15) is 5.69 Å². The summed E-state index contributed by atoms with van der Waals surface area (Å²) in [6.07, 6.45) is 2.89. The van der Waals surface area contributed by atoms with Crippen molar-refractivity contribution in [3.63, 3.8) is 0 Å². The topological polar surface area (TPSA) is 75.4 Å². The van der Waals surface area contributed by atoms with Crippen LogP contribution in [0.1, 0.15) is 31.9 Å². The van der Waals surface area contributed by atoms with E-state index in [9.17, 15) is 8.42 Å². The molecule has 0 amide bonds. The highest BCUT2D eigenvalue weighted by atomic mass is 32.2. The Hall–Kier alpha value is -1.70. The van der Waals surface area contributed by atoms with Crippen LogP contribution in [0.15, 0.2) is 40.9 Å². The van der Waals surface area contributed by atoms with E-state index >= 15 is 0 Å². The van der Waals surface area contributed by atoms with Crippen LogP contribution in [0.25, 0.3) is 11.3 Å². The van der Waals surface area contributed by atoms with Crippen molar-refractivity contribution < 1.29 is 12.9 Å². The van der Waals surface area contributed by atoms with Crippen LogP contribution in [0, 0.1) is 0 Å². The Balaban J connectivity index is 1.65. The Bertz CT molecular complexity index is 743. The van der Waals surface area contributed by atoms with E-state index in [1.165, 1.54) is 4.31 Å². The fourth-order valence-electron chi connectivity index (χ4n) is 2.82. The maximum Gasteiger partial charge on any atom is 0.280 e. The summed E-state index contributed by atoms with van der Waals surface area (Å²) in [7, 11) is -3.49. The SMILES string of the molecule is CC1CCCCN1S(=O)(=O)NCc1cc(-c2ccccc2)no1. The second-order valence-corrected chi connectivity index (χ2v) is 7.53. The molecule has 23 heavy (non-hydrogen) atoms. The van der Waals surface area contributed by atoms with Crippen molar-refractivity contribution in [2.24, 2.45) is 0 Å². The van der Waals surface area contributed by atoms with Gasteiger partial charge in [-0.15, -0.1) is 0 Å². The second-order valence-electron chi connectivity index (χ2n) is 5.83. The van der Waals surface area contributed by atoms with Crippen LogP contribution in [-0.2, 0) is 16.8 Å². The summed E-state index contributed by atoms with van der Waals surface area (Å²) in [6, 6.07) is 11.4. The highest BCUT2D eigenvalue weighted by molar-refractivity contribution is 7.87. The Morgan fingerprint density at radius 1 is 1.30 bits per heavy atom. The van der Waals surface area contributed by atoms with Gasteiger partial charge >= 0.3 is 0 Å². The molecule has 0 aliphatic carbocycles. The molecule has 124 valence electrons. The van der Waals surface area contributed by atoms with Crippen molar-refractivity contribution in [1.82, 2.24) is 14.2 Å². The first-order valence-corrected chi connectivity index (χ1v) is 9.28. The monoisotopic (exact) mass is 335 g/mol. The molecule has 3 rings (SSSR count). The number of rotatable bonds is 5. The number of hydrogen-bond acceptors (Lipinski definition) is 4. The van der Waals surface area contributed by atoms with Gasteiger partial charge in [-0.25, -0.2) is 0 Å². The van der Waals surface area contributed by atoms with Gasteiger partial charge in [0.25, 0.3) is 10.2 Å². The van der Waals surface area contributed by atoms with E-state index in [2.05, 4.69) is 9.88 Å². The van der Waals surface area contributed by atoms with Crippen LogP contribution in [0.2, 0.25) is 0 Å². The van der Waals surface area contributed by atoms with E-state index in [-0.39, 0.29) is 12.6 Å². The number of aromatic nitrogens is 1. The van der Waals surface area contributed by atoms with Crippen LogP contribution in [0.5, 0.6) is 0 Å².